The van der Waals surface area contributed by atoms with E-state index in [1.807, 2.05) is 36.4 Å². The first-order valence-electron chi connectivity index (χ1n) is 10.1. The summed E-state index contributed by atoms with van der Waals surface area (Å²) in [4.78, 5) is 34.0. The molecule has 0 spiro atoms. The van der Waals surface area contributed by atoms with E-state index in [1.54, 1.807) is 6.08 Å². The number of carboxylic acid groups (broad SMARTS) is 1. The maximum atomic E-state index is 11.8. The van der Waals surface area contributed by atoms with Crippen molar-refractivity contribution in [3.63, 3.8) is 0 Å². The van der Waals surface area contributed by atoms with Gasteiger partial charge in [-0.1, -0.05) is 30.3 Å². The quantitative estimate of drug-likeness (QED) is 0.310. The Morgan fingerprint density at radius 2 is 1.81 bits per heavy atom. The maximum Gasteiger partial charge on any atom is 0.404 e. The molecule has 0 radical (unpaired) electrons. The number of thioether (sulfide) groups is 1. The Morgan fingerprint density at radius 1 is 1.03 bits per heavy atom. The highest BCUT2D eigenvalue weighted by Crippen LogP contribution is 2.32. The third-order valence-corrected chi connectivity index (χ3v) is 5.47. The van der Waals surface area contributed by atoms with Crippen molar-refractivity contribution in [3.05, 3.63) is 46.9 Å². The smallest absolute Gasteiger partial charge is 0.404 e. The molecule has 9 heteroatoms. The monoisotopic (exact) mass is 443 g/mol. The highest BCUT2D eigenvalue weighted by atomic mass is 32.2. The van der Waals surface area contributed by atoms with Crippen molar-refractivity contribution in [3.8, 4) is 5.75 Å². The fourth-order valence-electron chi connectivity index (χ4n) is 3.18. The summed E-state index contributed by atoms with van der Waals surface area (Å²) in [6, 6.07) is 11.6. The van der Waals surface area contributed by atoms with Gasteiger partial charge in [0.05, 0.1) is 11.5 Å². The molecule has 1 saturated heterocycles. The summed E-state index contributed by atoms with van der Waals surface area (Å²) >= 11 is 0.905. The van der Waals surface area contributed by atoms with E-state index in [0.717, 1.165) is 66.2 Å². The van der Waals surface area contributed by atoms with Gasteiger partial charge in [0.1, 0.15) is 5.75 Å². The summed E-state index contributed by atoms with van der Waals surface area (Å²) in [5.74, 6) is 0.413. The molecule has 31 heavy (non-hydrogen) atoms. The normalized spacial score (nSPS) is 14.8. The number of hydrogen-bond donors (Lipinski definition) is 4. The first-order valence-corrected chi connectivity index (χ1v) is 10.9. The number of benzene rings is 2. The van der Waals surface area contributed by atoms with Gasteiger partial charge in [0.25, 0.3) is 11.1 Å². The summed E-state index contributed by atoms with van der Waals surface area (Å²) in [7, 11) is 0. The van der Waals surface area contributed by atoms with E-state index in [1.165, 1.54) is 0 Å². The zero-order valence-corrected chi connectivity index (χ0v) is 17.8. The molecular formula is C22H25N3O5S. The molecule has 0 aliphatic carbocycles. The third-order valence-electron chi connectivity index (χ3n) is 4.66. The lowest BCUT2D eigenvalue weighted by atomic mass is 10.0. The zero-order chi connectivity index (χ0) is 22.1. The van der Waals surface area contributed by atoms with Gasteiger partial charge >= 0.3 is 6.09 Å². The van der Waals surface area contributed by atoms with Gasteiger partial charge in [0.2, 0.25) is 0 Å². The maximum absolute atomic E-state index is 11.8. The lowest BCUT2D eigenvalue weighted by Crippen LogP contribution is -2.26. The van der Waals surface area contributed by atoms with Gasteiger partial charge < -0.3 is 20.5 Å². The number of amides is 3. The average molecular weight is 444 g/mol. The van der Waals surface area contributed by atoms with Crippen LogP contribution in [-0.2, 0) is 4.79 Å². The molecule has 4 N–H and O–H groups in total. The minimum absolute atomic E-state index is 0.355. The number of imide groups is 1. The number of rotatable bonds is 11. The van der Waals surface area contributed by atoms with Gasteiger partial charge in [-0.25, -0.2) is 4.79 Å². The van der Waals surface area contributed by atoms with E-state index in [9.17, 15) is 14.4 Å². The van der Waals surface area contributed by atoms with Crippen molar-refractivity contribution < 1.29 is 24.2 Å². The Bertz CT molecular complexity index is 992. The van der Waals surface area contributed by atoms with Crippen LogP contribution in [0.25, 0.3) is 16.8 Å². The topological polar surface area (TPSA) is 117 Å². The van der Waals surface area contributed by atoms with E-state index in [2.05, 4.69) is 16.0 Å². The highest BCUT2D eigenvalue weighted by molar-refractivity contribution is 8.18. The van der Waals surface area contributed by atoms with Crippen molar-refractivity contribution in [2.75, 3.05) is 26.2 Å². The van der Waals surface area contributed by atoms with Crippen molar-refractivity contribution in [2.45, 2.75) is 19.3 Å². The number of fused-ring (bicyclic) bond motifs is 1. The summed E-state index contributed by atoms with van der Waals surface area (Å²) in [5.41, 5.74) is 0.858. The van der Waals surface area contributed by atoms with Gasteiger partial charge in [-0.3, -0.25) is 14.9 Å². The van der Waals surface area contributed by atoms with E-state index in [4.69, 9.17) is 9.84 Å². The van der Waals surface area contributed by atoms with Crippen LogP contribution in [0.5, 0.6) is 5.75 Å². The molecule has 1 aliphatic heterocycles. The molecule has 3 amide bonds. The van der Waals surface area contributed by atoms with Gasteiger partial charge in [0, 0.05) is 11.9 Å². The molecule has 0 aromatic heterocycles. The van der Waals surface area contributed by atoms with Crippen LogP contribution in [0, 0.1) is 0 Å². The first kappa shape index (κ1) is 22.6. The number of nitrogens with one attached hydrogen (secondary N) is 3. The molecule has 8 nitrogen and oxygen atoms in total. The summed E-state index contributed by atoms with van der Waals surface area (Å²) in [6.07, 6.45) is 3.33. The Hall–Kier alpha value is -3.04. The molecule has 0 bridgehead atoms. The fourth-order valence-corrected chi connectivity index (χ4v) is 3.85. The fraction of sp³-hybridized carbons (Fsp3) is 0.318. The Kier molecular flexibility index (Phi) is 8.31. The van der Waals surface area contributed by atoms with Crippen LogP contribution < -0.4 is 20.7 Å². The highest BCUT2D eigenvalue weighted by Gasteiger charge is 2.25. The van der Waals surface area contributed by atoms with Gasteiger partial charge in [-0.05, 0) is 67.2 Å². The van der Waals surface area contributed by atoms with Crippen molar-refractivity contribution in [1.82, 2.24) is 16.0 Å². The van der Waals surface area contributed by atoms with E-state index in [0.29, 0.717) is 18.1 Å². The van der Waals surface area contributed by atoms with Gasteiger partial charge in [0.15, 0.2) is 0 Å². The summed E-state index contributed by atoms with van der Waals surface area (Å²) in [6.45, 7) is 2.65. The SMILES string of the molecule is O=C(O)NCCCNCCCCOc1ccc(C=C2SC(=O)NC2=O)c2ccccc12. The van der Waals surface area contributed by atoms with Gasteiger partial charge in [-0.15, -0.1) is 0 Å². The van der Waals surface area contributed by atoms with E-state index in [-0.39, 0.29) is 11.1 Å². The van der Waals surface area contributed by atoms with Crippen molar-refractivity contribution in [2.24, 2.45) is 0 Å². The second-order valence-corrected chi connectivity index (χ2v) is 7.96. The lowest BCUT2D eigenvalue weighted by Gasteiger charge is -2.12. The Morgan fingerprint density at radius 3 is 2.55 bits per heavy atom. The molecule has 0 unspecified atom stereocenters. The summed E-state index contributed by atoms with van der Waals surface area (Å²) < 4.78 is 5.99. The average Bonchev–Trinajstić information content (AvgIpc) is 3.07. The van der Waals surface area contributed by atoms with Crippen LogP contribution >= 0.6 is 11.8 Å². The van der Waals surface area contributed by atoms with Crippen LogP contribution in [0.4, 0.5) is 9.59 Å². The van der Waals surface area contributed by atoms with Crippen molar-refractivity contribution in [1.29, 1.82) is 0 Å². The standard InChI is InChI=1S/C22H25N3O5S/c26-20-19(31-22(29)25-20)14-15-8-9-18(17-7-2-1-6-16(15)17)30-13-4-3-10-23-11-5-12-24-21(27)28/h1-2,6-9,14,23-24H,3-5,10-13H2,(H,27,28)(H,25,26,29). The molecule has 1 heterocycles. The minimum Gasteiger partial charge on any atom is -0.493 e. The van der Waals surface area contributed by atoms with Gasteiger partial charge in [-0.2, -0.15) is 0 Å². The minimum atomic E-state index is -0.993. The molecule has 0 atom stereocenters. The molecular weight excluding hydrogens is 418 g/mol. The van der Waals surface area contributed by atoms with E-state index < -0.39 is 6.09 Å². The zero-order valence-electron chi connectivity index (χ0n) is 17.0. The third kappa shape index (κ3) is 6.73. The molecule has 2 aromatic carbocycles. The number of unbranched alkanes of at least 4 members (excludes halogenated alkanes) is 1. The number of carbonyl (C=O) groups excluding carboxylic acids is 2. The van der Waals surface area contributed by atoms with Crippen molar-refractivity contribution >= 4 is 45.8 Å². The van der Waals surface area contributed by atoms with Crippen LogP contribution in [0.2, 0.25) is 0 Å². The molecule has 3 rings (SSSR count). The second kappa shape index (κ2) is 11.4. The molecule has 0 saturated carbocycles. The number of ether oxygens (including phenoxy) is 1. The molecule has 2 aromatic rings. The molecule has 164 valence electrons. The largest absolute Gasteiger partial charge is 0.493 e. The Labute approximate surface area is 184 Å². The predicted octanol–water partition coefficient (Wildman–Crippen LogP) is 3.57. The Balaban J connectivity index is 1.50. The number of carbonyl (C=O) groups is 3. The van der Waals surface area contributed by atoms with Crippen LogP contribution in [0.1, 0.15) is 24.8 Å². The lowest BCUT2D eigenvalue weighted by molar-refractivity contribution is -0.115. The van der Waals surface area contributed by atoms with Crippen LogP contribution in [0.15, 0.2) is 41.3 Å². The van der Waals surface area contributed by atoms with E-state index >= 15 is 0 Å². The summed E-state index contributed by atoms with van der Waals surface area (Å²) in [5, 5.41) is 17.9. The number of hydrogen-bond acceptors (Lipinski definition) is 6. The predicted molar refractivity (Wildman–Crippen MR) is 121 cm³/mol. The second-order valence-electron chi connectivity index (χ2n) is 6.94. The molecule has 1 fully saturated rings. The van der Waals surface area contributed by atoms with Crippen LogP contribution in [0.3, 0.4) is 0 Å². The van der Waals surface area contributed by atoms with Crippen LogP contribution in [-0.4, -0.2) is 48.6 Å². The molecule has 1 aliphatic rings. The first-order chi connectivity index (χ1) is 15.0.